The lowest BCUT2D eigenvalue weighted by molar-refractivity contribution is -0.118. The predicted octanol–water partition coefficient (Wildman–Crippen LogP) is 5.62. The van der Waals surface area contributed by atoms with Gasteiger partial charge in [0.25, 0.3) is 5.91 Å². The first-order valence-electron chi connectivity index (χ1n) is 11.0. The van der Waals surface area contributed by atoms with Gasteiger partial charge in [0.1, 0.15) is 4.90 Å². The predicted molar refractivity (Wildman–Crippen MR) is 155 cm³/mol. The minimum atomic E-state index is -4.05. The lowest BCUT2D eigenvalue weighted by Crippen LogP contribution is -2.19. The molecule has 0 unspecified atom stereocenters. The number of hydrogen-bond acceptors (Lipinski definition) is 9. The average Bonchev–Trinajstić information content (AvgIpc) is 3.28. The zero-order chi connectivity index (χ0) is 26.4. The first-order valence-corrected chi connectivity index (χ1v) is 15.3. The van der Waals surface area contributed by atoms with Crippen molar-refractivity contribution in [3.8, 4) is 11.5 Å². The van der Waals surface area contributed by atoms with Crippen LogP contribution >= 0.6 is 45.7 Å². The summed E-state index contributed by atoms with van der Waals surface area (Å²) in [6.07, 6.45) is 1.46. The Balaban J connectivity index is 1.42. The quantitative estimate of drug-likeness (QED) is 0.0770. The lowest BCUT2D eigenvalue weighted by Gasteiger charge is -2.14. The van der Waals surface area contributed by atoms with Crippen LogP contribution in [0.15, 0.2) is 75.0 Å². The van der Waals surface area contributed by atoms with Crippen LogP contribution in [0.4, 0.5) is 0 Å². The smallest absolute Gasteiger partial charge is 0.339 e. The summed E-state index contributed by atoms with van der Waals surface area (Å²) in [6, 6.07) is 17.5. The minimum absolute atomic E-state index is 0.0495. The summed E-state index contributed by atoms with van der Waals surface area (Å²) in [4.78, 5) is 16.8. The summed E-state index contributed by atoms with van der Waals surface area (Å²) < 4.78 is 39.1. The van der Waals surface area contributed by atoms with E-state index >= 15 is 0 Å². The van der Waals surface area contributed by atoms with Gasteiger partial charge in [0.15, 0.2) is 15.8 Å². The number of carbonyl (C=O) groups excluding carboxylic acids is 1. The Hall–Kier alpha value is -2.68. The van der Waals surface area contributed by atoms with E-state index in [-0.39, 0.29) is 28.1 Å². The minimum Gasteiger partial charge on any atom is -0.490 e. The molecule has 1 N–H and O–H groups in total. The van der Waals surface area contributed by atoms with Crippen molar-refractivity contribution in [2.75, 3.05) is 12.4 Å². The number of amides is 1. The fourth-order valence-corrected chi connectivity index (χ4v) is 6.82. The highest BCUT2D eigenvalue weighted by Crippen LogP contribution is 2.36. The molecule has 4 rings (SSSR count). The number of fused-ring (bicyclic) bond motifs is 1. The highest BCUT2D eigenvalue weighted by Gasteiger charge is 2.22. The molecule has 0 aliphatic carbocycles. The summed E-state index contributed by atoms with van der Waals surface area (Å²) >= 11 is 4.86. The summed E-state index contributed by atoms with van der Waals surface area (Å²) in [6.45, 7) is 3.96. The summed E-state index contributed by atoms with van der Waals surface area (Å²) in [5, 5.41) is 4.03. The number of rotatable bonds is 10. The van der Waals surface area contributed by atoms with Crippen molar-refractivity contribution >= 4 is 78.1 Å². The van der Waals surface area contributed by atoms with E-state index in [9.17, 15) is 13.2 Å². The van der Waals surface area contributed by atoms with E-state index in [0.29, 0.717) is 15.7 Å². The van der Waals surface area contributed by atoms with Crippen molar-refractivity contribution in [2.45, 2.75) is 23.1 Å². The molecule has 37 heavy (non-hydrogen) atoms. The molecule has 1 heterocycles. The first-order chi connectivity index (χ1) is 17.7. The molecule has 8 nitrogen and oxygen atoms in total. The maximum absolute atomic E-state index is 12.8. The van der Waals surface area contributed by atoms with Gasteiger partial charge in [0.05, 0.1) is 32.4 Å². The van der Waals surface area contributed by atoms with Crippen LogP contribution in [0.2, 0.25) is 0 Å². The molecule has 1 aromatic heterocycles. The second kappa shape index (κ2) is 12.2. The Morgan fingerprint density at radius 1 is 1.19 bits per heavy atom. The monoisotopic (exact) mass is 667 g/mol. The molecule has 0 aliphatic rings. The number of halogens is 1. The number of aryl methyl sites for hydroxylation is 1. The molecule has 4 aromatic rings. The van der Waals surface area contributed by atoms with Gasteiger partial charge in [-0.25, -0.2) is 10.4 Å². The van der Waals surface area contributed by atoms with Gasteiger partial charge < -0.3 is 8.92 Å². The topological polar surface area (TPSA) is 107 Å². The van der Waals surface area contributed by atoms with E-state index in [4.69, 9.17) is 8.92 Å². The molecule has 0 atom stereocenters. The highest BCUT2D eigenvalue weighted by molar-refractivity contribution is 14.1. The molecule has 0 fully saturated rings. The van der Waals surface area contributed by atoms with Crippen molar-refractivity contribution in [3.63, 3.8) is 0 Å². The van der Waals surface area contributed by atoms with Crippen molar-refractivity contribution in [3.05, 3.63) is 75.4 Å². The Morgan fingerprint density at radius 2 is 1.95 bits per heavy atom. The maximum atomic E-state index is 12.8. The van der Waals surface area contributed by atoms with Crippen LogP contribution in [0, 0.1) is 10.5 Å². The Kier molecular flexibility index (Phi) is 9.05. The molecule has 1 amide bonds. The molecule has 0 spiro atoms. The van der Waals surface area contributed by atoms with Gasteiger partial charge >= 0.3 is 10.1 Å². The fraction of sp³-hybridized carbons (Fsp3) is 0.160. The zero-order valence-corrected chi connectivity index (χ0v) is 24.4. The van der Waals surface area contributed by atoms with Crippen LogP contribution in [-0.2, 0) is 14.9 Å². The number of nitrogens with zero attached hydrogens (tertiary/aromatic N) is 2. The first kappa shape index (κ1) is 27.4. The molecule has 0 saturated carbocycles. The summed E-state index contributed by atoms with van der Waals surface area (Å²) in [7, 11) is -4.05. The molecular weight excluding hydrogens is 645 g/mol. The second-order valence-corrected chi connectivity index (χ2v) is 12.6. The maximum Gasteiger partial charge on any atom is 0.339 e. The Bertz CT molecular complexity index is 1520. The van der Waals surface area contributed by atoms with E-state index in [1.807, 2.05) is 53.8 Å². The van der Waals surface area contributed by atoms with Crippen molar-refractivity contribution < 1.29 is 22.1 Å². The number of nitrogens with one attached hydrogen (secondary N) is 1. The number of aromatic nitrogens is 1. The number of hydrazone groups is 1. The molecule has 12 heteroatoms. The number of hydrogen-bond donors (Lipinski definition) is 1. The van der Waals surface area contributed by atoms with Crippen LogP contribution in [-0.4, -0.2) is 37.9 Å². The van der Waals surface area contributed by atoms with Crippen molar-refractivity contribution in [1.82, 2.24) is 10.4 Å². The number of ether oxygens (including phenoxy) is 1. The third kappa shape index (κ3) is 7.21. The molecule has 0 saturated heterocycles. The Morgan fingerprint density at radius 3 is 2.68 bits per heavy atom. The number of carbonyl (C=O) groups is 1. The van der Waals surface area contributed by atoms with Gasteiger partial charge in [-0.2, -0.15) is 13.5 Å². The van der Waals surface area contributed by atoms with Crippen LogP contribution in [0.1, 0.15) is 18.1 Å². The van der Waals surface area contributed by atoms with Crippen LogP contribution < -0.4 is 14.3 Å². The highest BCUT2D eigenvalue weighted by atomic mass is 127. The molecule has 3 aromatic carbocycles. The number of para-hydroxylation sites is 1. The van der Waals surface area contributed by atoms with Crippen LogP contribution in [0.25, 0.3) is 10.2 Å². The molecular formula is C25H22IN3O5S3. The molecule has 0 radical (unpaired) electrons. The van der Waals surface area contributed by atoms with Crippen molar-refractivity contribution in [1.29, 1.82) is 0 Å². The molecule has 0 aliphatic heterocycles. The lowest BCUT2D eigenvalue weighted by atomic mass is 10.2. The fourth-order valence-electron chi connectivity index (χ4n) is 3.12. The van der Waals surface area contributed by atoms with Crippen LogP contribution in [0.3, 0.4) is 0 Å². The van der Waals surface area contributed by atoms with E-state index < -0.39 is 10.1 Å². The largest absolute Gasteiger partial charge is 0.490 e. The van der Waals surface area contributed by atoms with Gasteiger partial charge in [-0.3, -0.25) is 4.79 Å². The number of thioether (sulfide) groups is 1. The number of benzene rings is 3. The zero-order valence-electron chi connectivity index (χ0n) is 19.8. The van der Waals surface area contributed by atoms with Gasteiger partial charge in [-0.1, -0.05) is 41.6 Å². The van der Waals surface area contributed by atoms with E-state index in [2.05, 4.69) is 15.5 Å². The Labute approximate surface area is 236 Å². The third-order valence-electron chi connectivity index (χ3n) is 4.84. The molecule has 0 bridgehead atoms. The SMILES string of the molecule is CCOc1cc(/C=N\NC(=O)CSc2nc3ccccc3s2)cc(I)c1OS(=O)(=O)c1ccc(C)cc1. The third-order valence-corrected chi connectivity index (χ3v) is 9.05. The summed E-state index contributed by atoms with van der Waals surface area (Å²) in [5.41, 5.74) is 4.95. The van der Waals surface area contributed by atoms with E-state index in [0.717, 1.165) is 20.1 Å². The second-order valence-electron chi connectivity index (χ2n) is 7.64. The van der Waals surface area contributed by atoms with Gasteiger partial charge in [0.2, 0.25) is 0 Å². The molecule has 192 valence electrons. The summed E-state index contributed by atoms with van der Waals surface area (Å²) in [5.74, 6) is 0.243. The van der Waals surface area contributed by atoms with E-state index in [1.54, 1.807) is 31.2 Å². The van der Waals surface area contributed by atoms with Gasteiger partial charge in [-0.15, -0.1) is 11.3 Å². The van der Waals surface area contributed by atoms with Crippen molar-refractivity contribution in [2.24, 2.45) is 5.10 Å². The van der Waals surface area contributed by atoms with Gasteiger partial charge in [0, 0.05) is 0 Å². The van der Waals surface area contributed by atoms with E-state index in [1.165, 1.54) is 41.4 Å². The normalized spacial score (nSPS) is 11.6. The van der Waals surface area contributed by atoms with Gasteiger partial charge in [-0.05, 0) is 78.4 Å². The van der Waals surface area contributed by atoms with Crippen LogP contribution in [0.5, 0.6) is 11.5 Å². The number of thiazole rings is 1. The average molecular weight is 668 g/mol. The standard InChI is InChI=1S/C25H22IN3O5S3/c1-3-33-21-13-17(12-19(26)24(21)34-37(31,32)18-10-8-16(2)9-11-18)14-27-29-23(30)15-35-25-28-20-6-4-5-7-22(20)36-25/h4-14H,3,15H2,1-2H3,(H,29,30)/b27-14-.